The minimum Gasteiger partial charge on any atom is -0.493 e. The van der Waals surface area contributed by atoms with Gasteiger partial charge in [0.05, 0.1) is 12.1 Å². The van der Waals surface area contributed by atoms with Gasteiger partial charge < -0.3 is 10.1 Å². The van der Waals surface area contributed by atoms with Gasteiger partial charge in [-0.25, -0.2) is 0 Å². The standard InChI is InChI=1S/C15H17BrN2OS/c1-2-18-13(14-8-17-9-20-14)7-11-6-12(16)5-10-3-4-19-15(10)11/h5-6,8-9,13,18H,2-4,7H2,1H3. The Kier molecular flexibility index (Phi) is 4.38. The van der Waals surface area contributed by atoms with Crippen LogP contribution in [0.25, 0.3) is 0 Å². The number of benzene rings is 1. The molecule has 0 fully saturated rings. The summed E-state index contributed by atoms with van der Waals surface area (Å²) in [5.74, 6) is 1.08. The number of likely N-dealkylation sites (N-methyl/N-ethyl adjacent to an activating group) is 1. The summed E-state index contributed by atoms with van der Waals surface area (Å²) in [7, 11) is 0. The zero-order valence-electron chi connectivity index (χ0n) is 11.4. The lowest BCUT2D eigenvalue weighted by atomic mass is 10.0. The first-order chi connectivity index (χ1) is 9.78. The second kappa shape index (κ2) is 6.24. The molecular weight excluding hydrogens is 336 g/mol. The number of nitrogens with one attached hydrogen (secondary N) is 1. The first-order valence-electron chi connectivity index (χ1n) is 6.83. The van der Waals surface area contributed by atoms with E-state index in [1.54, 1.807) is 11.3 Å². The molecule has 0 radical (unpaired) electrons. The second-order valence-electron chi connectivity index (χ2n) is 4.87. The fourth-order valence-electron chi connectivity index (χ4n) is 2.64. The number of fused-ring (bicyclic) bond motifs is 1. The third kappa shape index (κ3) is 2.90. The molecule has 2 aromatic rings. The fraction of sp³-hybridized carbons (Fsp3) is 0.400. The van der Waals surface area contributed by atoms with Gasteiger partial charge in [-0.15, -0.1) is 11.3 Å². The molecule has 5 heteroatoms. The first kappa shape index (κ1) is 14.0. The summed E-state index contributed by atoms with van der Waals surface area (Å²) >= 11 is 5.31. The number of halogens is 1. The highest BCUT2D eigenvalue weighted by Gasteiger charge is 2.21. The lowest BCUT2D eigenvalue weighted by Gasteiger charge is -2.18. The Bertz CT molecular complexity index is 586. The van der Waals surface area contributed by atoms with E-state index in [0.717, 1.165) is 36.2 Å². The highest BCUT2D eigenvalue weighted by atomic mass is 79.9. The summed E-state index contributed by atoms with van der Waals surface area (Å²) in [5, 5.41) is 3.54. The fourth-order valence-corrected chi connectivity index (χ4v) is 3.88. The number of rotatable bonds is 5. The minimum atomic E-state index is 0.301. The number of thiazole rings is 1. The topological polar surface area (TPSA) is 34.1 Å². The van der Waals surface area contributed by atoms with E-state index >= 15 is 0 Å². The summed E-state index contributed by atoms with van der Waals surface area (Å²) in [6.45, 7) is 3.88. The van der Waals surface area contributed by atoms with Gasteiger partial charge in [-0.05, 0) is 36.2 Å². The van der Waals surface area contributed by atoms with Crippen molar-refractivity contribution in [2.45, 2.75) is 25.8 Å². The maximum Gasteiger partial charge on any atom is 0.125 e. The summed E-state index contributed by atoms with van der Waals surface area (Å²) in [4.78, 5) is 5.47. The zero-order chi connectivity index (χ0) is 13.9. The summed E-state index contributed by atoms with van der Waals surface area (Å²) in [6, 6.07) is 4.64. The third-order valence-electron chi connectivity index (χ3n) is 3.49. The molecule has 20 heavy (non-hydrogen) atoms. The number of aromatic nitrogens is 1. The van der Waals surface area contributed by atoms with Crippen LogP contribution in [0.4, 0.5) is 0 Å². The van der Waals surface area contributed by atoms with E-state index in [9.17, 15) is 0 Å². The van der Waals surface area contributed by atoms with Crippen molar-refractivity contribution in [3.63, 3.8) is 0 Å². The van der Waals surface area contributed by atoms with Gasteiger partial charge in [-0.2, -0.15) is 0 Å². The van der Waals surface area contributed by atoms with Crippen molar-refractivity contribution in [2.75, 3.05) is 13.2 Å². The Labute approximate surface area is 131 Å². The molecule has 0 spiro atoms. The van der Waals surface area contributed by atoms with Crippen LogP contribution in [0.3, 0.4) is 0 Å². The van der Waals surface area contributed by atoms with Crippen LogP contribution >= 0.6 is 27.3 Å². The van der Waals surface area contributed by atoms with Crippen LogP contribution in [-0.2, 0) is 12.8 Å². The first-order valence-corrected chi connectivity index (χ1v) is 8.51. The quantitative estimate of drug-likeness (QED) is 0.889. The Morgan fingerprint density at radius 3 is 3.15 bits per heavy atom. The van der Waals surface area contributed by atoms with Crippen LogP contribution in [0.15, 0.2) is 28.3 Å². The summed E-state index contributed by atoms with van der Waals surface area (Å²) in [6.07, 6.45) is 3.89. The molecule has 0 bridgehead atoms. The van der Waals surface area contributed by atoms with Gasteiger partial charge in [-0.3, -0.25) is 4.98 Å². The van der Waals surface area contributed by atoms with Gasteiger partial charge in [-0.1, -0.05) is 22.9 Å². The van der Waals surface area contributed by atoms with Gasteiger partial charge in [0.1, 0.15) is 5.75 Å². The van der Waals surface area contributed by atoms with Crippen molar-refractivity contribution in [2.24, 2.45) is 0 Å². The van der Waals surface area contributed by atoms with Crippen molar-refractivity contribution in [1.82, 2.24) is 10.3 Å². The van der Waals surface area contributed by atoms with Gasteiger partial charge in [0.25, 0.3) is 0 Å². The van der Waals surface area contributed by atoms with Crippen LogP contribution < -0.4 is 10.1 Å². The third-order valence-corrected chi connectivity index (χ3v) is 4.84. The molecule has 2 heterocycles. The molecule has 1 aromatic carbocycles. The molecule has 1 unspecified atom stereocenters. The molecular formula is C15H17BrN2OS. The van der Waals surface area contributed by atoms with Crippen LogP contribution in [0.1, 0.15) is 29.0 Å². The zero-order valence-corrected chi connectivity index (χ0v) is 13.8. The van der Waals surface area contributed by atoms with Crippen LogP contribution in [0, 0.1) is 0 Å². The predicted octanol–water partition coefficient (Wildman–Crippen LogP) is 3.73. The maximum atomic E-state index is 5.82. The van der Waals surface area contributed by atoms with E-state index in [1.165, 1.54) is 16.0 Å². The normalized spacial score (nSPS) is 14.9. The Morgan fingerprint density at radius 1 is 1.50 bits per heavy atom. The average molecular weight is 353 g/mol. The van der Waals surface area contributed by atoms with Crippen molar-refractivity contribution >= 4 is 27.3 Å². The highest BCUT2D eigenvalue weighted by molar-refractivity contribution is 9.10. The molecule has 1 aromatic heterocycles. The highest BCUT2D eigenvalue weighted by Crippen LogP contribution is 2.35. The van der Waals surface area contributed by atoms with E-state index in [4.69, 9.17) is 4.74 Å². The lowest BCUT2D eigenvalue weighted by molar-refractivity contribution is 0.351. The van der Waals surface area contributed by atoms with Crippen LogP contribution in [-0.4, -0.2) is 18.1 Å². The number of hydrogen-bond acceptors (Lipinski definition) is 4. The van der Waals surface area contributed by atoms with Crippen molar-refractivity contribution in [3.8, 4) is 5.75 Å². The van der Waals surface area contributed by atoms with Gasteiger partial charge in [0, 0.05) is 28.0 Å². The largest absolute Gasteiger partial charge is 0.493 e. The number of ether oxygens (including phenoxy) is 1. The molecule has 3 nitrogen and oxygen atoms in total. The molecule has 0 amide bonds. The smallest absolute Gasteiger partial charge is 0.125 e. The van der Waals surface area contributed by atoms with Crippen LogP contribution in [0.2, 0.25) is 0 Å². The molecule has 3 rings (SSSR count). The van der Waals surface area contributed by atoms with E-state index in [-0.39, 0.29) is 0 Å². The molecule has 106 valence electrons. The van der Waals surface area contributed by atoms with Gasteiger partial charge >= 0.3 is 0 Å². The minimum absolute atomic E-state index is 0.301. The SMILES string of the molecule is CCNC(Cc1cc(Br)cc2c1OCC2)c1cncs1. The Hall–Kier alpha value is -0.910. The van der Waals surface area contributed by atoms with Crippen molar-refractivity contribution < 1.29 is 4.74 Å². The Morgan fingerprint density at radius 2 is 2.40 bits per heavy atom. The number of nitrogens with zero attached hydrogens (tertiary/aromatic N) is 1. The molecule has 1 aliphatic rings. The monoisotopic (exact) mass is 352 g/mol. The van der Waals surface area contributed by atoms with Gasteiger partial charge in [0.2, 0.25) is 0 Å². The lowest BCUT2D eigenvalue weighted by Crippen LogP contribution is -2.22. The Balaban J connectivity index is 1.89. The van der Waals surface area contributed by atoms with Crippen molar-refractivity contribution in [3.05, 3.63) is 44.3 Å². The molecule has 0 aliphatic carbocycles. The number of hydrogen-bond donors (Lipinski definition) is 1. The predicted molar refractivity (Wildman–Crippen MR) is 85.6 cm³/mol. The molecule has 1 atom stereocenters. The average Bonchev–Trinajstić information content (AvgIpc) is 3.08. The summed E-state index contributed by atoms with van der Waals surface area (Å²) in [5.41, 5.74) is 4.47. The summed E-state index contributed by atoms with van der Waals surface area (Å²) < 4.78 is 6.96. The molecule has 1 N–H and O–H groups in total. The van der Waals surface area contributed by atoms with E-state index in [2.05, 4.69) is 45.3 Å². The van der Waals surface area contributed by atoms with Gasteiger partial charge in [0.15, 0.2) is 0 Å². The second-order valence-corrected chi connectivity index (χ2v) is 6.70. The van der Waals surface area contributed by atoms with E-state index in [1.807, 2.05) is 11.7 Å². The van der Waals surface area contributed by atoms with Crippen molar-refractivity contribution in [1.29, 1.82) is 0 Å². The van der Waals surface area contributed by atoms with E-state index < -0.39 is 0 Å². The van der Waals surface area contributed by atoms with E-state index in [0.29, 0.717) is 6.04 Å². The maximum absolute atomic E-state index is 5.82. The molecule has 0 saturated heterocycles. The molecule has 0 saturated carbocycles. The van der Waals surface area contributed by atoms with Crippen LogP contribution in [0.5, 0.6) is 5.75 Å². The molecule has 1 aliphatic heterocycles.